The van der Waals surface area contributed by atoms with Crippen LogP contribution in [0.5, 0.6) is 0 Å². The summed E-state index contributed by atoms with van der Waals surface area (Å²) in [6.07, 6.45) is 1.54. The van der Waals surface area contributed by atoms with E-state index in [2.05, 4.69) is 4.98 Å². The van der Waals surface area contributed by atoms with Gasteiger partial charge in [0.15, 0.2) is 0 Å². The van der Waals surface area contributed by atoms with Crippen molar-refractivity contribution < 1.29 is 4.79 Å². The molecule has 2 aromatic rings. The summed E-state index contributed by atoms with van der Waals surface area (Å²) in [5.41, 5.74) is 7.02. The number of nitrogens with two attached hydrogens (primary N) is 1. The third-order valence-electron chi connectivity index (χ3n) is 2.66. The highest BCUT2D eigenvalue weighted by Gasteiger charge is 2.15. The zero-order chi connectivity index (χ0) is 13.0. The van der Waals surface area contributed by atoms with Crippen LogP contribution in [0, 0.1) is 0 Å². The van der Waals surface area contributed by atoms with E-state index >= 15 is 0 Å². The van der Waals surface area contributed by atoms with E-state index in [1.54, 1.807) is 23.2 Å². The molecule has 0 aliphatic rings. The van der Waals surface area contributed by atoms with Gasteiger partial charge in [-0.05, 0) is 31.2 Å². The number of rotatable bonds is 3. The quantitative estimate of drug-likeness (QED) is 0.897. The van der Waals surface area contributed by atoms with Crippen molar-refractivity contribution in [3.63, 3.8) is 0 Å². The molecule has 0 saturated heterocycles. The van der Waals surface area contributed by atoms with Gasteiger partial charge in [-0.3, -0.25) is 4.79 Å². The average molecular weight is 241 g/mol. The fourth-order valence-electron chi connectivity index (χ4n) is 1.79. The minimum Gasteiger partial charge on any atom is -0.384 e. The summed E-state index contributed by atoms with van der Waals surface area (Å²) in [6, 6.07) is 12.8. The molecule has 4 nitrogen and oxygen atoms in total. The molecule has 92 valence electrons. The van der Waals surface area contributed by atoms with Gasteiger partial charge in [-0.25, -0.2) is 4.98 Å². The Morgan fingerprint density at radius 3 is 2.61 bits per heavy atom. The second-order valence-corrected chi connectivity index (χ2v) is 3.85. The number of nitrogen functional groups attached to an aromatic ring is 1. The minimum absolute atomic E-state index is 0.0715. The number of carbonyl (C=O) groups is 1. The number of anilines is 2. The molecule has 0 saturated carbocycles. The van der Waals surface area contributed by atoms with Crippen LogP contribution in [0.15, 0.2) is 48.7 Å². The number of nitrogens with zero attached hydrogens (tertiary/aromatic N) is 2. The van der Waals surface area contributed by atoms with Crippen LogP contribution in [0.3, 0.4) is 0 Å². The van der Waals surface area contributed by atoms with Crippen LogP contribution in [0.2, 0.25) is 0 Å². The number of carbonyl (C=O) groups excluding carboxylic acids is 1. The van der Waals surface area contributed by atoms with E-state index in [1.807, 2.05) is 37.3 Å². The smallest absolute Gasteiger partial charge is 0.258 e. The van der Waals surface area contributed by atoms with Gasteiger partial charge in [0.25, 0.3) is 5.91 Å². The Bertz CT molecular complexity index is 540. The second-order valence-electron chi connectivity index (χ2n) is 3.85. The summed E-state index contributed by atoms with van der Waals surface area (Å²) in [5.74, 6) is 0.280. The van der Waals surface area contributed by atoms with Crippen molar-refractivity contribution in [3.05, 3.63) is 54.2 Å². The third-order valence-corrected chi connectivity index (χ3v) is 2.66. The minimum atomic E-state index is -0.0715. The number of hydrogen-bond donors (Lipinski definition) is 1. The molecule has 2 N–H and O–H groups in total. The number of aromatic nitrogens is 1. The molecule has 1 heterocycles. The SMILES string of the molecule is CCN(C(=O)c1ccnc(N)c1)c1ccccc1. The molecular formula is C14H15N3O. The maximum Gasteiger partial charge on any atom is 0.258 e. The normalized spacial score (nSPS) is 10.1. The van der Waals surface area contributed by atoms with Gasteiger partial charge in [-0.2, -0.15) is 0 Å². The molecular weight excluding hydrogens is 226 g/mol. The van der Waals surface area contributed by atoms with Crippen molar-refractivity contribution in [3.8, 4) is 0 Å². The zero-order valence-electron chi connectivity index (χ0n) is 10.2. The summed E-state index contributed by atoms with van der Waals surface area (Å²) in [5, 5.41) is 0. The van der Waals surface area contributed by atoms with Crippen LogP contribution in [-0.2, 0) is 0 Å². The first-order valence-electron chi connectivity index (χ1n) is 5.81. The topological polar surface area (TPSA) is 59.2 Å². The zero-order valence-corrected chi connectivity index (χ0v) is 10.2. The fourth-order valence-corrected chi connectivity index (χ4v) is 1.79. The molecule has 4 heteroatoms. The van der Waals surface area contributed by atoms with E-state index < -0.39 is 0 Å². The van der Waals surface area contributed by atoms with Gasteiger partial charge in [0.05, 0.1) is 0 Å². The summed E-state index contributed by atoms with van der Waals surface area (Å²) in [7, 11) is 0. The van der Waals surface area contributed by atoms with E-state index in [4.69, 9.17) is 5.73 Å². The Labute approximate surface area is 106 Å². The van der Waals surface area contributed by atoms with Crippen LogP contribution in [0.1, 0.15) is 17.3 Å². The highest BCUT2D eigenvalue weighted by Crippen LogP contribution is 2.16. The lowest BCUT2D eigenvalue weighted by atomic mass is 10.2. The number of amides is 1. The maximum atomic E-state index is 12.4. The van der Waals surface area contributed by atoms with Crippen LogP contribution in [0.4, 0.5) is 11.5 Å². The first-order valence-corrected chi connectivity index (χ1v) is 5.81. The van der Waals surface area contributed by atoms with Crippen molar-refractivity contribution in [1.82, 2.24) is 4.98 Å². The number of para-hydroxylation sites is 1. The predicted octanol–water partition coefficient (Wildman–Crippen LogP) is 2.33. The molecule has 1 aromatic heterocycles. The lowest BCUT2D eigenvalue weighted by Gasteiger charge is -2.21. The first-order chi connectivity index (χ1) is 8.72. The number of hydrogen-bond acceptors (Lipinski definition) is 3. The van der Waals surface area contributed by atoms with Crippen LogP contribution in [0.25, 0.3) is 0 Å². The first kappa shape index (κ1) is 12.1. The van der Waals surface area contributed by atoms with Gasteiger partial charge >= 0.3 is 0 Å². The summed E-state index contributed by atoms with van der Waals surface area (Å²) < 4.78 is 0. The molecule has 0 radical (unpaired) electrons. The molecule has 1 amide bonds. The monoisotopic (exact) mass is 241 g/mol. The van der Waals surface area contributed by atoms with Crippen LogP contribution >= 0.6 is 0 Å². The summed E-state index contributed by atoms with van der Waals surface area (Å²) in [6.45, 7) is 2.54. The van der Waals surface area contributed by atoms with Gasteiger partial charge in [0.2, 0.25) is 0 Å². The molecule has 0 aliphatic heterocycles. The molecule has 1 aromatic carbocycles. The Morgan fingerprint density at radius 1 is 1.28 bits per heavy atom. The van der Waals surface area contributed by atoms with E-state index in [0.717, 1.165) is 5.69 Å². The standard InChI is InChI=1S/C14H15N3O/c1-2-17(12-6-4-3-5-7-12)14(18)11-8-9-16-13(15)10-11/h3-10H,2H2,1H3,(H2,15,16). The van der Waals surface area contributed by atoms with Crippen LogP contribution < -0.4 is 10.6 Å². The predicted molar refractivity (Wildman–Crippen MR) is 72.4 cm³/mol. The Kier molecular flexibility index (Phi) is 3.57. The van der Waals surface area contributed by atoms with Gasteiger partial charge in [0, 0.05) is 24.0 Å². The lowest BCUT2D eigenvalue weighted by molar-refractivity contribution is 0.0988. The highest BCUT2D eigenvalue weighted by molar-refractivity contribution is 6.06. The molecule has 0 bridgehead atoms. The van der Waals surface area contributed by atoms with Crippen molar-refractivity contribution in [2.45, 2.75) is 6.92 Å². The maximum absolute atomic E-state index is 12.4. The molecule has 0 spiro atoms. The fraction of sp³-hybridized carbons (Fsp3) is 0.143. The molecule has 0 aliphatic carbocycles. The van der Waals surface area contributed by atoms with Gasteiger partial charge in [-0.1, -0.05) is 18.2 Å². The number of pyridine rings is 1. The van der Waals surface area contributed by atoms with Crippen molar-refractivity contribution in [1.29, 1.82) is 0 Å². The second kappa shape index (κ2) is 5.31. The Morgan fingerprint density at radius 2 is 2.00 bits per heavy atom. The highest BCUT2D eigenvalue weighted by atomic mass is 16.2. The van der Waals surface area contributed by atoms with Gasteiger partial charge < -0.3 is 10.6 Å². The molecule has 2 rings (SSSR count). The largest absolute Gasteiger partial charge is 0.384 e. The van der Waals surface area contributed by atoms with Gasteiger partial charge in [-0.15, -0.1) is 0 Å². The van der Waals surface area contributed by atoms with Crippen LogP contribution in [-0.4, -0.2) is 17.4 Å². The Hall–Kier alpha value is -2.36. The molecule has 18 heavy (non-hydrogen) atoms. The summed E-state index contributed by atoms with van der Waals surface area (Å²) in [4.78, 5) is 18.0. The molecule has 0 atom stereocenters. The van der Waals surface area contributed by atoms with E-state index in [1.165, 1.54) is 0 Å². The van der Waals surface area contributed by atoms with E-state index in [0.29, 0.717) is 17.9 Å². The molecule has 0 unspecified atom stereocenters. The van der Waals surface area contributed by atoms with Crippen molar-refractivity contribution >= 4 is 17.4 Å². The van der Waals surface area contributed by atoms with Crippen molar-refractivity contribution in [2.24, 2.45) is 0 Å². The van der Waals surface area contributed by atoms with E-state index in [-0.39, 0.29) is 5.91 Å². The lowest BCUT2D eigenvalue weighted by Crippen LogP contribution is -2.30. The number of benzene rings is 1. The van der Waals surface area contributed by atoms with Crippen molar-refractivity contribution in [2.75, 3.05) is 17.2 Å². The average Bonchev–Trinajstić information content (AvgIpc) is 2.41. The molecule has 0 fully saturated rings. The Balaban J connectivity index is 2.32. The third kappa shape index (κ3) is 2.48. The van der Waals surface area contributed by atoms with E-state index in [9.17, 15) is 4.79 Å². The summed E-state index contributed by atoms with van der Waals surface area (Å²) >= 11 is 0. The van der Waals surface area contributed by atoms with Gasteiger partial charge in [0.1, 0.15) is 5.82 Å².